The van der Waals surface area contributed by atoms with E-state index in [-0.39, 0.29) is 18.6 Å². The number of aliphatic carboxylic acids is 2. The molecule has 0 aromatic heterocycles. The van der Waals surface area contributed by atoms with Crippen LogP contribution in [0.4, 0.5) is 0 Å². The third-order valence-corrected chi connectivity index (χ3v) is 4.45. The van der Waals surface area contributed by atoms with Gasteiger partial charge in [0.25, 0.3) is 0 Å². The number of carboxylic acid groups (broad SMARTS) is 2. The Morgan fingerprint density at radius 1 is 0.903 bits per heavy atom. The van der Waals surface area contributed by atoms with Gasteiger partial charge in [0.2, 0.25) is 23.6 Å². The second kappa shape index (κ2) is 13.4. The minimum atomic E-state index is -1.48. The summed E-state index contributed by atoms with van der Waals surface area (Å²) in [6.07, 6.45) is -1.19. The molecule has 0 aromatic carbocycles. The summed E-state index contributed by atoms with van der Waals surface area (Å²) >= 11 is 3.85. The number of amides is 4. The van der Waals surface area contributed by atoms with Gasteiger partial charge in [0, 0.05) is 12.2 Å². The number of carbonyl (C=O) groups is 6. The summed E-state index contributed by atoms with van der Waals surface area (Å²) in [4.78, 5) is 70.2. The number of rotatable bonds is 14. The topological polar surface area (TPSA) is 231 Å². The van der Waals surface area contributed by atoms with Crippen molar-refractivity contribution >= 4 is 48.2 Å². The lowest BCUT2D eigenvalue weighted by Crippen LogP contribution is -2.59. The van der Waals surface area contributed by atoms with Gasteiger partial charge in [-0.2, -0.15) is 12.6 Å². The van der Waals surface area contributed by atoms with Crippen LogP contribution in [0.3, 0.4) is 0 Å². The zero-order valence-electron chi connectivity index (χ0n) is 17.2. The molecular weight excluding hydrogens is 434 g/mol. The number of hydrogen-bond donors (Lipinski definition) is 8. The molecule has 0 radical (unpaired) electrons. The zero-order valence-corrected chi connectivity index (χ0v) is 18.1. The molecule has 14 heteroatoms. The highest BCUT2D eigenvalue weighted by atomic mass is 32.1. The minimum absolute atomic E-state index is 0.186. The van der Waals surface area contributed by atoms with Gasteiger partial charge in [-0.25, -0.2) is 4.79 Å². The smallest absolute Gasteiger partial charge is 0.327 e. The van der Waals surface area contributed by atoms with Crippen LogP contribution in [-0.2, 0) is 28.8 Å². The van der Waals surface area contributed by atoms with E-state index in [9.17, 15) is 28.8 Å². The predicted molar refractivity (Wildman–Crippen MR) is 111 cm³/mol. The summed E-state index contributed by atoms with van der Waals surface area (Å²) in [7, 11) is 0. The number of carbonyl (C=O) groups excluding carboxylic acids is 4. The van der Waals surface area contributed by atoms with Gasteiger partial charge in [-0.3, -0.25) is 24.0 Å². The van der Waals surface area contributed by atoms with Crippen LogP contribution in [0, 0.1) is 5.92 Å². The van der Waals surface area contributed by atoms with Crippen molar-refractivity contribution in [2.45, 2.75) is 57.3 Å². The Hall–Kier alpha value is -2.87. The average molecular weight is 464 g/mol. The maximum atomic E-state index is 12.6. The van der Waals surface area contributed by atoms with Crippen molar-refractivity contribution < 1.29 is 39.0 Å². The number of hydrogen-bond acceptors (Lipinski definition) is 8. The van der Waals surface area contributed by atoms with Crippen molar-refractivity contribution in [2.75, 3.05) is 5.75 Å². The van der Waals surface area contributed by atoms with Crippen molar-refractivity contribution in [1.82, 2.24) is 16.0 Å². The van der Waals surface area contributed by atoms with Crippen molar-refractivity contribution in [2.24, 2.45) is 17.4 Å². The normalized spacial score (nSPS) is 14.6. The van der Waals surface area contributed by atoms with Gasteiger partial charge in [-0.1, -0.05) is 13.8 Å². The van der Waals surface area contributed by atoms with Crippen LogP contribution in [0.15, 0.2) is 0 Å². The molecule has 9 N–H and O–H groups in total. The third kappa shape index (κ3) is 10.6. The maximum Gasteiger partial charge on any atom is 0.327 e. The molecule has 4 amide bonds. The summed E-state index contributed by atoms with van der Waals surface area (Å²) in [6, 6.07) is -5.21. The second-order valence-electron chi connectivity index (χ2n) is 7.08. The zero-order chi connectivity index (χ0) is 24.3. The first-order valence-electron chi connectivity index (χ1n) is 9.30. The Morgan fingerprint density at radius 3 is 1.87 bits per heavy atom. The lowest BCUT2D eigenvalue weighted by Gasteiger charge is -2.26. The van der Waals surface area contributed by atoms with E-state index in [0.717, 1.165) is 0 Å². The van der Waals surface area contributed by atoms with Crippen LogP contribution in [0.2, 0.25) is 0 Å². The fourth-order valence-corrected chi connectivity index (χ4v) is 2.58. The lowest BCUT2D eigenvalue weighted by atomic mass is 10.0. The molecule has 31 heavy (non-hydrogen) atoms. The maximum absolute atomic E-state index is 12.6. The molecule has 0 heterocycles. The van der Waals surface area contributed by atoms with E-state index in [1.165, 1.54) is 0 Å². The molecule has 0 aliphatic rings. The lowest BCUT2D eigenvalue weighted by molar-refractivity contribution is -0.142. The summed E-state index contributed by atoms with van der Waals surface area (Å²) in [5, 5.41) is 24.5. The highest BCUT2D eigenvalue weighted by Gasteiger charge is 2.32. The molecule has 13 nitrogen and oxygen atoms in total. The Balaban J connectivity index is 5.33. The standard InChI is InChI=1S/C17H29N5O8S/c1-7(2)13(16(28)21-10(6-31)17(29)30)22-15(27)9(5-11(19)23)20-14(26)8(18)3-4-12(24)25/h7-10,13,31H,3-6,18H2,1-2H3,(H2,19,23)(H,20,26)(H,21,28)(H,22,27)(H,24,25)(H,29,30). The summed E-state index contributed by atoms with van der Waals surface area (Å²) in [5.74, 6) is -6.68. The van der Waals surface area contributed by atoms with Crippen LogP contribution in [-0.4, -0.2) is 75.7 Å². The molecule has 0 saturated heterocycles. The summed E-state index contributed by atoms with van der Waals surface area (Å²) in [5.41, 5.74) is 10.7. The van der Waals surface area contributed by atoms with Crippen molar-refractivity contribution in [3.63, 3.8) is 0 Å². The molecule has 4 unspecified atom stereocenters. The highest BCUT2D eigenvalue weighted by Crippen LogP contribution is 2.05. The molecule has 0 bridgehead atoms. The Labute approximate surface area is 184 Å². The van der Waals surface area contributed by atoms with Gasteiger partial charge >= 0.3 is 11.9 Å². The Kier molecular flexibility index (Phi) is 12.2. The van der Waals surface area contributed by atoms with E-state index in [2.05, 4.69) is 28.6 Å². The molecule has 176 valence electrons. The number of carboxylic acids is 2. The first-order chi connectivity index (χ1) is 14.3. The molecule has 0 spiro atoms. The molecule has 0 aromatic rings. The number of nitrogens with two attached hydrogens (primary N) is 2. The van der Waals surface area contributed by atoms with E-state index >= 15 is 0 Å². The van der Waals surface area contributed by atoms with E-state index in [4.69, 9.17) is 21.7 Å². The van der Waals surface area contributed by atoms with E-state index in [0.29, 0.717) is 0 Å². The molecule has 0 aliphatic heterocycles. The van der Waals surface area contributed by atoms with Crippen molar-refractivity contribution in [3.8, 4) is 0 Å². The molecule has 4 atom stereocenters. The quantitative estimate of drug-likeness (QED) is 0.124. The largest absolute Gasteiger partial charge is 0.481 e. The van der Waals surface area contributed by atoms with Crippen molar-refractivity contribution in [3.05, 3.63) is 0 Å². The first kappa shape index (κ1) is 28.1. The Bertz CT molecular complexity index is 702. The van der Waals surface area contributed by atoms with Gasteiger partial charge in [0.15, 0.2) is 0 Å². The fourth-order valence-electron chi connectivity index (χ4n) is 2.34. The average Bonchev–Trinajstić information content (AvgIpc) is 2.66. The molecular formula is C17H29N5O8S. The molecule has 0 aliphatic carbocycles. The van der Waals surface area contributed by atoms with Crippen LogP contribution in [0.1, 0.15) is 33.1 Å². The van der Waals surface area contributed by atoms with Crippen LogP contribution in [0.25, 0.3) is 0 Å². The first-order valence-corrected chi connectivity index (χ1v) is 9.93. The predicted octanol–water partition coefficient (Wildman–Crippen LogP) is -2.82. The van der Waals surface area contributed by atoms with Crippen LogP contribution < -0.4 is 27.4 Å². The van der Waals surface area contributed by atoms with E-state index < -0.39 is 72.1 Å². The second-order valence-corrected chi connectivity index (χ2v) is 7.45. The van der Waals surface area contributed by atoms with E-state index in [1.807, 2.05) is 0 Å². The van der Waals surface area contributed by atoms with Crippen LogP contribution in [0.5, 0.6) is 0 Å². The van der Waals surface area contributed by atoms with Gasteiger partial charge in [0.05, 0.1) is 12.5 Å². The van der Waals surface area contributed by atoms with Gasteiger partial charge in [-0.05, 0) is 12.3 Å². The monoisotopic (exact) mass is 463 g/mol. The van der Waals surface area contributed by atoms with E-state index in [1.54, 1.807) is 13.8 Å². The van der Waals surface area contributed by atoms with Gasteiger partial charge in [0.1, 0.15) is 18.1 Å². The SMILES string of the molecule is CC(C)C(NC(=O)C(CC(N)=O)NC(=O)C(N)CCC(=O)O)C(=O)NC(CS)C(=O)O. The molecule has 0 fully saturated rings. The number of primary amides is 1. The summed E-state index contributed by atoms with van der Waals surface area (Å²) in [6.45, 7) is 3.18. The molecule has 0 saturated carbocycles. The third-order valence-electron chi connectivity index (χ3n) is 4.09. The van der Waals surface area contributed by atoms with Gasteiger partial charge < -0.3 is 37.6 Å². The minimum Gasteiger partial charge on any atom is -0.481 e. The fraction of sp³-hybridized carbons (Fsp3) is 0.647. The highest BCUT2D eigenvalue weighted by molar-refractivity contribution is 7.80. The van der Waals surface area contributed by atoms with Crippen molar-refractivity contribution in [1.29, 1.82) is 0 Å². The molecule has 0 rings (SSSR count). The number of thiol groups is 1. The van der Waals surface area contributed by atoms with Gasteiger partial charge in [-0.15, -0.1) is 0 Å². The van der Waals surface area contributed by atoms with Crippen LogP contribution >= 0.6 is 12.6 Å². The Morgan fingerprint density at radius 2 is 1.45 bits per heavy atom. The summed E-state index contributed by atoms with van der Waals surface area (Å²) < 4.78 is 0. The number of nitrogens with one attached hydrogen (secondary N) is 3.